The predicted octanol–water partition coefficient (Wildman–Crippen LogP) is 3.33. The molecular formula is C13H28O3Si. The second-order valence-corrected chi connectivity index (χ2v) is 8.53. The molecule has 0 aliphatic heterocycles. The molecule has 0 N–H and O–H groups in total. The van der Waals surface area contributed by atoms with Gasteiger partial charge >= 0.3 is 8.80 Å². The van der Waals surface area contributed by atoms with E-state index in [1.54, 1.807) is 14.2 Å². The lowest BCUT2D eigenvalue weighted by Gasteiger charge is -2.40. The lowest BCUT2D eigenvalue weighted by molar-refractivity contribution is -0.0132. The van der Waals surface area contributed by atoms with Crippen LogP contribution in [0.2, 0.25) is 6.55 Å². The van der Waals surface area contributed by atoms with Gasteiger partial charge in [-0.2, -0.15) is 0 Å². The van der Waals surface area contributed by atoms with Gasteiger partial charge in [-0.1, -0.05) is 27.2 Å². The van der Waals surface area contributed by atoms with Gasteiger partial charge < -0.3 is 13.3 Å². The average molecular weight is 260 g/mol. The van der Waals surface area contributed by atoms with Crippen LogP contribution in [0, 0.1) is 17.8 Å². The summed E-state index contributed by atoms with van der Waals surface area (Å²) in [6.45, 7) is 8.86. The Bertz CT molecular complexity index is 229. The third-order valence-corrected chi connectivity index (χ3v) is 6.28. The van der Waals surface area contributed by atoms with Crippen molar-refractivity contribution in [2.75, 3.05) is 14.2 Å². The monoisotopic (exact) mass is 260 g/mol. The molecule has 0 aromatic rings. The standard InChI is InChI=1S/C13H28O3Si/c1-10(2)12-8-7-11(3)9-13(12)16-17(6,14-4)15-5/h10-13H,7-9H2,1-6H3/t11-,12+,13+/m0/s1. The lowest BCUT2D eigenvalue weighted by Crippen LogP contribution is -2.48. The van der Waals surface area contributed by atoms with Crippen molar-refractivity contribution < 1.29 is 13.3 Å². The molecule has 0 aromatic heterocycles. The zero-order valence-corrected chi connectivity index (χ0v) is 13.2. The Morgan fingerprint density at radius 3 is 2.18 bits per heavy atom. The fourth-order valence-electron chi connectivity index (χ4n) is 2.70. The van der Waals surface area contributed by atoms with Crippen LogP contribution in [-0.2, 0) is 13.3 Å². The Morgan fingerprint density at radius 1 is 1.12 bits per heavy atom. The quantitative estimate of drug-likeness (QED) is 0.710. The minimum absolute atomic E-state index is 0.301. The minimum atomic E-state index is -2.40. The van der Waals surface area contributed by atoms with Crippen LogP contribution in [-0.4, -0.2) is 29.1 Å². The van der Waals surface area contributed by atoms with Crippen LogP contribution in [0.5, 0.6) is 0 Å². The van der Waals surface area contributed by atoms with Gasteiger partial charge in [0.15, 0.2) is 0 Å². The van der Waals surface area contributed by atoms with Crippen LogP contribution in [0.4, 0.5) is 0 Å². The van der Waals surface area contributed by atoms with Crippen LogP contribution < -0.4 is 0 Å². The van der Waals surface area contributed by atoms with E-state index in [0.29, 0.717) is 17.9 Å². The molecule has 0 radical (unpaired) electrons. The third kappa shape index (κ3) is 4.05. The van der Waals surface area contributed by atoms with Gasteiger partial charge in [-0.15, -0.1) is 0 Å². The van der Waals surface area contributed by atoms with E-state index in [1.807, 2.05) is 6.55 Å². The SMILES string of the molecule is CO[Si](C)(OC)O[C@@H]1C[C@@H](C)CC[C@@H]1C(C)C. The first kappa shape index (κ1) is 15.2. The van der Waals surface area contributed by atoms with Crippen LogP contribution >= 0.6 is 0 Å². The van der Waals surface area contributed by atoms with E-state index < -0.39 is 8.80 Å². The van der Waals surface area contributed by atoms with Crippen molar-refractivity contribution >= 4 is 8.80 Å². The summed E-state index contributed by atoms with van der Waals surface area (Å²) in [4.78, 5) is 0. The fourth-order valence-corrected chi connectivity index (χ4v) is 3.88. The summed E-state index contributed by atoms with van der Waals surface area (Å²) in [7, 11) is 0.972. The molecule has 4 heteroatoms. The largest absolute Gasteiger partial charge is 0.497 e. The van der Waals surface area contributed by atoms with Crippen LogP contribution in [0.25, 0.3) is 0 Å². The van der Waals surface area contributed by atoms with E-state index in [1.165, 1.54) is 12.8 Å². The Balaban J connectivity index is 2.69. The van der Waals surface area contributed by atoms with Gasteiger partial charge in [0.1, 0.15) is 0 Å². The Labute approximate surface area is 107 Å². The summed E-state index contributed by atoms with van der Waals surface area (Å²) in [5, 5.41) is 0. The maximum Gasteiger partial charge on any atom is 0.497 e. The van der Waals surface area contributed by atoms with Crippen LogP contribution in [0.15, 0.2) is 0 Å². The first-order chi connectivity index (χ1) is 7.91. The molecule has 3 nitrogen and oxygen atoms in total. The summed E-state index contributed by atoms with van der Waals surface area (Å²) in [6, 6.07) is 0. The highest BCUT2D eigenvalue weighted by molar-refractivity contribution is 6.59. The molecule has 0 amide bonds. The summed E-state index contributed by atoms with van der Waals surface area (Å²) < 4.78 is 17.1. The smallest absolute Gasteiger partial charge is 0.377 e. The molecule has 0 heterocycles. The van der Waals surface area contributed by atoms with Gasteiger partial charge in [0.25, 0.3) is 0 Å². The van der Waals surface area contributed by atoms with Crippen molar-refractivity contribution in [2.24, 2.45) is 17.8 Å². The van der Waals surface area contributed by atoms with Crippen molar-refractivity contribution in [3.8, 4) is 0 Å². The molecule has 1 aliphatic rings. The summed E-state index contributed by atoms with van der Waals surface area (Å²) >= 11 is 0. The van der Waals surface area contributed by atoms with Gasteiger partial charge in [0.2, 0.25) is 0 Å². The second-order valence-electron chi connectivity index (χ2n) is 5.75. The molecular weight excluding hydrogens is 232 g/mol. The topological polar surface area (TPSA) is 27.7 Å². The third-order valence-electron chi connectivity index (χ3n) is 4.07. The zero-order valence-electron chi connectivity index (χ0n) is 12.2. The van der Waals surface area contributed by atoms with E-state index in [9.17, 15) is 0 Å². The van der Waals surface area contributed by atoms with Gasteiger partial charge in [-0.3, -0.25) is 0 Å². The molecule has 1 saturated carbocycles. The number of hydrogen-bond donors (Lipinski definition) is 0. The molecule has 3 atom stereocenters. The van der Waals surface area contributed by atoms with Crippen molar-refractivity contribution in [3.63, 3.8) is 0 Å². The van der Waals surface area contributed by atoms with Gasteiger partial charge in [-0.05, 0) is 30.6 Å². The van der Waals surface area contributed by atoms with Gasteiger partial charge in [-0.25, -0.2) is 0 Å². The molecule has 0 aromatic carbocycles. The van der Waals surface area contributed by atoms with Crippen LogP contribution in [0.3, 0.4) is 0 Å². The van der Waals surface area contributed by atoms with E-state index >= 15 is 0 Å². The molecule has 0 saturated heterocycles. The Hall–Kier alpha value is 0.0969. The molecule has 1 aliphatic carbocycles. The maximum atomic E-state index is 6.22. The number of hydrogen-bond acceptors (Lipinski definition) is 3. The van der Waals surface area contributed by atoms with Crippen molar-refractivity contribution in [2.45, 2.75) is 52.7 Å². The fraction of sp³-hybridized carbons (Fsp3) is 1.00. The normalized spacial score (nSPS) is 30.9. The first-order valence-corrected chi connectivity index (χ1v) is 8.92. The van der Waals surface area contributed by atoms with E-state index in [2.05, 4.69) is 20.8 Å². The second kappa shape index (κ2) is 6.32. The van der Waals surface area contributed by atoms with Gasteiger partial charge in [0.05, 0.1) is 6.10 Å². The van der Waals surface area contributed by atoms with E-state index in [-0.39, 0.29) is 0 Å². The van der Waals surface area contributed by atoms with E-state index in [4.69, 9.17) is 13.3 Å². The molecule has 17 heavy (non-hydrogen) atoms. The predicted molar refractivity (Wildman–Crippen MR) is 71.9 cm³/mol. The van der Waals surface area contributed by atoms with Crippen molar-refractivity contribution in [3.05, 3.63) is 0 Å². The first-order valence-electron chi connectivity index (χ1n) is 6.70. The summed E-state index contributed by atoms with van der Waals surface area (Å²) in [6.07, 6.45) is 4.02. The molecule has 0 unspecified atom stereocenters. The highest BCUT2D eigenvalue weighted by Crippen LogP contribution is 2.36. The zero-order chi connectivity index (χ0) is 13.1. The molecule has 1 rings (SSSR count). The van der Waals surface area contributed by atoms with Gasteiger partial charge in [0, 0.05) is 20.8 Å². The number of rotatable bonds is 5. The molecule has 102 valence electrons. The summed E-state index contributed by atoms with van der Waals surface area (Å²) in [5.74, 6) is 2.06. The van der Waals surface area contributed by atoms with Crippen molar-refractivity contribution in [1.82, 2.24) is 0 Å². The van der Waals surface area contributed by atoms with Crippen molar-refractivity contribution in [1.29, 1.82) is 0 Å². The highest BCUT2D eigenvalue weighted by Gasteiger charge is 2.40. The van der Waals surface area contributed by atoms with Crippen LogP contribution in [0.1, 0.15) is 40.0 Å². The Kier molecular flexibility index (Phi) is 5.63. The lowest BCUT2D eigenvalue weighted by atomic mass is 9.75. The molecule has 0 spiro atoms. The minimum Gasteiger partial charge on any atom is -0.377 e. The average Bonchev–Trinajstić information content (AvgIpc) is 2.28. The highest BCUT2D eigenvalue weighted by atomic mass is 28.4. The molecule has 1 fully saturated rings. The molecule has 0 bridgehead atoms. The maximum absolute atomic E-state index is 6.22. The van der Waals surface area contributed by atoms with E-state index in [0.717, 1.165) is 12.3 Å². The summed E-state index contributed by atoms with van der Waals surface area (Å²) in [5.41, 5.74) is 0. The Morgan fingerprint density at radius 2 is 1.71 bits per heavy atom.